The fourth-order valence-electron chi connectivity index (χ4n) is 4.33. The zero-order valence-electron chi connectivity index (χ0n) is 19.7. The van der Waals surface area contributed by atoms with Gasteiger partial charge in [0.15, 0.2) is 0 Å². The van der Waals surface area contributed by atoms with Crippen LogP contribution in [0.5, 0.6) is 11.5 Å². The average Bonchev–Trinajstić information content (AvgIpc) is 3.18. The molecule has 0 unspecified atom stereocenters. The number of aryl methyl sites for hydroxylation is 1. The molecule has 4 rings (SSSR count). The predicted molar refractivity (Wildman–Crippen MR) is 132 cm³/mol. The molecule has 1 heterocycles. The van der Waals surface area contributed by atoms with E-state index in [-0.39, 0.29) is 29.1 Å². The Bertz CT molecular complexity index is 1320. The van der Waals surface area contributed by atoms with Gasteiger partial charge in [-0.05, 0) is 61.7 Å². The molecule has 7 nitrogen and oxygen atoms in total. The molecular formula is C26H28N2O5S. The van der Waals surface area contributed by atoms with Gasteiger partial charge in [0.2, 0.25) is 5.91 Å². The molecule has 0 fully saturated rings. The zero-order chi connectivity index (χ0) is 24.5. The van der Waals surface area contributed by atoms with E-state index in [4.69, 9.17) is 9.47 Å². The van der Waals surface area contributed by atoms with E-state index in [2.05, 4.69) is 0 Å². The first-order valence-corrected chi connectivity index (χ1v) is 12.4. The van der Waals surface area contributed by atoms with E-state index in [1.807, 2.05) is 38.1 Å². The zero-order valence-corrected chi connectivity index (χ0v) is 20.5. The molecule has 0 radical (unpaired) electrons. The van der Waals surface area contributed by atoms with Crippen molar-refractivity contribution in [2.75, 3.05) is 30.0 Å². The van der Waals surface area contributed by atoms with E-state index < -0.39 is 10.0 Å². The van der Waals surface area contributed by atoms with E-state index in [0.29, 0.717) is 11.4 Å². The number of amides is 1. The van der Waals surface area contributed by atoms with Crippen LogP contribution >= 0.6 is 0 Å². The molecule has 0 saturated heterocycles. The maximum atomic E-state index is 14.0. The number of anilines is 2. The van der Waals surface area contributed by atoms with Crippen LogP contribution in [0.1, 0.15) is 18.1 Å². The van der Waals surface area contributed by atoms with Gasteiger partial charge in [-0.25, -0.2) is 8.42 Å². The van der Waals surface area contributed by atoms with Crippen molar-refractivity contribution < 1.29 is 22.7 Å². The lowest BCUT2D eigenvalue weighted by Crippen LogP contribution is -2.45. The number of sulfonamides is 1. The van der Waals surface area contributed by atoms with Crippen LogP contribution in [0.25, 0.3) is 0 Å². The summed E-state index contributed by atoms with van der Waals surface area (Å²) in [5.41, 5.74) is 2.98. The molecule has 34 heavy (non-hydrogen) atoms. The summed E-state index contributed by atoms with van der Waals surface area (Å²) < 4.78 is 39.8. The highest BCUT2D eigenvalue weighted by Crippen LogP contribution is 2.35. The van der Waals surface area contributed by atoms with Gasteiger partial charge in [0.1, 0.15) is 22.9 Å². The van der Waals surface area contributed by atoms with Crippen molar-refractivity contribution in [2.24, 2.45) is 0 Å². The Labute approximate surface area is 200 Å². The van der Waals surface area contributed by atoms with Gasteiger partial charge in [0.25, 0.3) is 10.0 Å². The summed E-state index contributed by atoms with van der Waals surface area (Å²) in [7, 11) is -1.22. The molecular weight excluding hydrogens is 452 g/mol. The molecule has 0 aliphatic carbocycles. The fourth-order valence-corrected chi connectivity index (χ4v) is 5.98. The van der Waals surface area contributed by atoms with Crippen LogP contribution in [0.2, 0.25) is 0 Å². The standard InChI is InChI=1S/C26H28N2O5S/c1-18-12-13-24(33-4)25(14-18)34(30,31)27(21-9-7-10-22(16-21)32-3)17-26(29)28-19(2)15-20-8-5-6-11-23(20)28/h5-14,16,19H,15,17H2,1-4H3/t19-/m0/s1. The van der Waals surface area contributed by atoms with Gasteiger partial charge >= 0.3 is 0 Å². The topological polar surface area (TPSA) is 76.2 Å². The minimum atomic E-state index is -4.16. The summed E-state index contributed by atoms with van der Waals surface area (Å²) >= 11 is 0. The van der Waals surface area contributed by atoms with Crippen LogP contribution in [0, 0.1) is 6.92 Å². The number of para-hydroxylation sites is 1. The number of fused-ring (bicyclic) bond motifs is 1. The van der Waals surface area contributed by atoms with Crippen molar-refractivity contribution in [3.63, 3.8) is 0 Å². The first kappa shape index (κ1) is 23.6. The monoisotopic (exact) mass is 480 g/mol. The third-order valence-electron chi connectivity index (χ3n) is 5.98. The highest BCUT2D eigenvalue weighted by atomic mass is 32.2. The van der Waals surface area contributed by atoms with Gasteiger partial charge in [-0.15, -0.1) is 0 Å². The highest BCUT2D eigenvalue weighted by Gasteiger charge is 2.36. The second kappa shape index (κ2) is 9.38. The third kappa shape index (κ3) is 4.33. The van der Waals surface area contributed by atoms with E-state index in [9.17, 15) is 13.2 Å². The van der Waals surface area contributed by atoms with Gasteiger partial charge in [0.05, 0.1) is 19.9 Å². The van der Waals surface area contributed by atoms with Crippen molar-refractivity contribution in [1.82, 2.24) is 0 Å². The lowest BCUT2D eigenvalue weighted by molar-refractivity contribution is -0.117. The molecule has 0 spiro atoms. The molecule has 3 aromatic rings. The Morgan fingerprint density at radius 2 is 1.79 bits per heavy atom. The average molecular weight is 481 g/mol. The molecule has 0 N–H and O–H groups in total. The Morgan fingerprint density at radius 1 is 1.03 bits per heavy atom. The van der Waals surface area contributed by atoms with E-state index in [0.717, 1.165) is 27.5 Å². The summed E-state index contributed by atoms with van der Waals surface area (Å²) in [6.45, 7) is 3.40. The molecule has 1 aliphatic heterocycles. The molecule has 0 aromatic heterocycles. The SMILES string of the molecule is COc1cccc(N(CC(=O)N2c3ccccc3C[C@@H]2C)S(=O)(=O)c2cc(C)ccc2OC)c1. The van der Waals surface area contributed by atoms with Crippen molar-refractivity contribution in [3.05, 3.63) is 77.9 Å². The highest BCUT2D eigenvalue weighted by molar-refractivity contribution is 7.93. The molecule has 178 valence electrons. The quantitative estimate of drug-likeness (QED) is 0.507. The number of hydrogen-bond donors (Lipinski definition) is 0. The lowest BCUT2D eigenvalue weighted by atomic mass is 10.1. The summed E-state index contributed by atoms with van der Waals surface area (Å²) in [5, 5.41) is 0. The van der Waals surface area contributed by atoms with Crippen molar-refractivity contribution in [2.45, 2.75) is 31.2 Å². The molecule has 0 bridgehead atoms. The number of carbonyl (C=O) groups excluding carboxylic acids is 1. The Kier molecular flexibility index (Phi) is 6.52. The second-order valence-corrected chi connectivity index (χ2v) is 10.1. The maximum Gasteiger partial charge on any atom is 0.268 e. The van der Waals surface area contributed by atoms with Gasteiger partial charge in [0, 0.05) is 17.8 Å². The minimum absolute atomic E-state index is 0.000454. The number of hydrogen-bond acceptors (Lipinski definition) is 5. The maximum absolute atomic E-state index is 14.0. The Balaban J connectivity index is 1.80. The van der Waals surface area contributed by atoms with E-state index >= 15 is 0 Å². The molecule has 3 aromatic carbocycles. The van der Waals surface area contributed by atoms with Crippen LogP contribution in [0.15, 0.2) is 71.6 Å². The first-order chi connectivity index (χ1) is 16.3. The van der Waals surface area contributed by atoms with E-state index in [1.54, 1.807) is 47.4 Å². The van der Waals surface area contributed by atoms with Crippen LogP contribution in [-0.2, 0) is 21.2 Å². The van der Waals surface area contributed by atoms with Crippen LogP contribution in [0.3, 0.4) is 0 Å². The largest absolute Gasteiger partial charge is 0.497 e. The summed E-state index contributed by atoms with van der Waals surface area (Å²) in [6, 6.07) is 19.3. The number of rotatable bonds is 7. The van der Waals surface area contributed by atoms with Gasteiger partial charge in [-0.3, -0.25) is 9.10 Å². The van der Waals surface area contributed by atoms with E-state index in [1.165, 1.54) is 14.2 Å². The number of methoxy groups -OCH3 is 2. The number of ether oxygens (including phenoxy) is 2. The predicted octanol–water partition coefficient (Wildman–Crippen LogP) is 4.19. The van der Waals surface area contributed by atoms with Crippen LogP contribution < -0.4 is 18.7 Å². The summed E-state index contributed by atoms with van der Waals surface area (Å²) in [5.74, 6) is 0.391. The molecule has 1 atom stereocenters. The molecule has 8 heteroatoms. The Hall–Kier alpha value is -3.52. The van der Waals surface area contributed by atoms with Crippen LogP contribution in [0.4, 0.5) is 11.4 Å². The number of nitrogens with zero attached hydrogens (tertiary/aromatic N) is 2. The number of carbonyl (C=O) groups is 1. The molecule has 0 saturated carbocycles. The second-order valence-electron chi connectivity index (χ2n) is 8.31. The Morgan fingerprint density at radius 3 is 2.53 bits per heavy atom. The summed E-state index contributed by atoms with van der Waals surface area (Å²) in [4.78, 5) is 15.3. The fraction of sp³-hybridized carbons (Fsp3) is 0.269. The summed E-state index contributed by atoms with van der Waals surface area (Å²) in [6.07, 6.45) is 0.722. The minimum Gasteiger partial charge on any atom is -0.497 e. The third-order valence-corrected chi connectivity index (χ3v) is 7.78. The van der Waals surface area contributed by atoms with Gasteiger partial charge < -0.3 is 14.4 Å². The molecule has 1 amide bonds. The van der Waals surface area contributed by atoms with Crippen LogP contribution in [-0.4, -0.2) is 41.1 Å². The number of benzene rings is 3. The van der Waals surface area contributed by atoms with Crippen molar-refractivity contribution in [3.8, 4) is 11.5 Å². The van der Waals surface area contributed by atoms with Crippen molar-refractivity contribution >= 4 is 27.3 Å². The molecule has 1 aliphatic rings. The lowest BCUT2D eigenvalue weighted by Gasteiger charge is -2.29. The normalized spacial score (nSPS) is 15.1. The van der Waals surface area contributed by atoms with Gasteiger partial charge in [-0.1, -0.05) is 30.3 Å². The van der Waals surface area contributed by atoms with Crippen molar-refractivity contribution in [1.29, 1.82) is 0 Å². The smallest absolute Gasteiger partial charge is 0.268 e. The van der Waals surface area contributed by atoms with Gasteiger partial charge in [-0.2, -0.15) is 0 Å². The first-order valence-electron chi connectivity index (χ1n) is 11.0.